The number of rotatable bonds is 2. The first-order chi connectivity index (χ1) is 13.3. The first kappa shape index (κ1) is 15.5. The van der Waals surface area contributed by atoms with Gasteiger partial charge in [-0.1, -0.05) is 54.6 Å². The van der Waals surface area contributed by atoms with Gasteiger partial charge < -0.3 is 4.42 Å². The molecule has 0 amide bonds. The molecule has 4 nitrogen and oxygen atoms in total. The van der Waals surface area contributed by atoms with Gasteiger partial charge in [-0.3, -0.25) is 4.98 Å². The summed E-state index contributed by atoms with van der Waals surface area (Å²) < 4.78 is 5.57. The average molecular weight is 350 g/mol. The maximum Gasteiger partial charge on any atom is 0.346 e. The van der Waals surface area contributed by atoms with E-state index in [9.17, 15) is 4.79 Å². The van der Waals surface area contributed by atoms with Gasteiger partial charge in [0.1, 0.15) is 5.58 Å². The highest BCUT2D eigenvalue weighted by molar-refractivity contribution is 6.09. The smallest absolute Gasteiger partial charge is 0.346 e. The van der Waals surface area contributed by atoms with Gasteiger partial charge in [-0.15, -0.1) is 0 Å². The Hall–Kier alpha value is -3.79. The highest BCUT2D eigenvalue weighted by Crippen LogP contribution is 2.32. The number of hydrogen-bond acceptors (Lipinski definition) is 4. The van der Waals surface area contributed by atoms with Crippen molar-refractivity contribution < 1.29 is 4.42 Å². The Labute approximate surface area is 154 Å². The minimum absolute atomic E-state index is 0.386. The van der Waals surface area contributed by atoms with Gasteiger partial charge in [0.15, 0.2) is 0 Å². The van der Waals surface area contributed by atoms with E-state index in [1.54, 1.807) is 12.3 Å². The van der Waals surface area contributed by atoms with Gasteiger partial charge in [-0.05, 0) is 24.3 Å². The van der Waals surface area contributed by atoms with E-state index >= 15 is 0 Å². The molecule has 128 valence electrons. The molecule has 0 spiro atoms. The summed E-state index contributed by atoms with van der Waals surface area (Å²) >= 11 is 0. The molecule has 0 saturated carbocycles. The van der Waals surface area contributed by atoms with E-state index < -0.39 is 0 Å². The lowest BCUT2D eigenvalue weighted by Crippen LogP contribution is -2.04. The van der Waals surface area contributed by atoms with Crippen LogP contribution in [0, 0.1) is 0 Å². The van der Waals surface area contributed by atoms with Crippen LogP contribution >= 0.6 is 0 Å². The molecule has 0 radical (unpaired) electrons. The van der Waals surface area contributed by atoms with Gasteiger partial charge >= 0.3 is 5.63 Å². The minimum Gasteiger partial charge on any atom is -0.422 e. The van der Waals surface area contributed by atoms with Crippen LogP contribution in [0.3, 0.4) is 0 Å². The average Bonchev–Trinajstić information content (AvgIpc) is 2.74. The van der Waals surface area contributed by atoms with Crippen LogP contribution in [0.15, 0.2) is 94.3 Å². The van der Waals surface area contributed by atoms with E-state index in [1.165, 1.54) is 0 Å². The van der Waals surface area contributed by atoms with Gasteiger partial charge in [0.25, 0.3) is 0 Å². The standard InChI is InChI=1S/C23H14N2O2/c26-23-21-17(16-10-4-5-12-20(16)27-23)14-19(18-11-6-7-13-24-18)25-22(21)15-8-2-1-3-9-15/h1-14H. The zero-order valence-corrected chi connectivity index (χ0v) is 14.3. The van der Waals surface area contributed by atoms with Crippen LogP contribution in [-0.2, 0) is 0 Å². The summed E-state index contributed by atoms with van der Waals surface area (Å²) in [5.41, 5.74) is 3.12. The van der Waals surface area contributed by atoms with E-state index in [1.807, 2.05) is 72.8 Å². The number of hydrogen-bond donors (Lipinski definition) is 0. The maximum absolute atomic E-state index is 12.8. The lowest BCUT2D eigenvalue weighted by atomic mass is 10.0. The Morgan fingerprint density at radius 1 is 0.741 bits per heavy atom. The molecular formula is C23H14N2O2. The van der Waals surface area contributed by atoms with Crippen molar-refractivity contribution in [2.24, 2.45) is 0 Å². The zero-order valence-electron chi connectivity index (χ0n) is 14.3. The van der Waals surface area contributed by atoms with Crippen molar-refractivity contribution >= 4 is 21.7 Å². The summed E-state index contributed by atoms with van der Waals surface area (Å²) in [6.07, 6.45) is 1.74. The van der Waals surface area contributed by atoms with E-state index in [2.05, 4.69) is 4.98 Å². The second-order valence-electron chi connectivity index (χ2n) is 6.25. The Kier molecular flexibility index (Phi) is 3.54. The number of fused-ring (bicyclic) bond motifs is 3. The fourth-order valence-electron chi connectivity index (χ4n) is 3.34. The highest BCUT2D eigenvalue weighted by atomic mass is 16.4. The summed E-state index contributed by atoms with van der Waals surface area (Å²) in [7, 11) is 0. The summed E-state index contributed by atoms with van der Waals surface area (Å²) in [6.45, 7) is 0. The van der Waals surface area contributed by atoms with E-state index in [0.29, 0.717) is 16.7 Å². The van der Waals surface area contributed by atoms with Crippen LogP contribution < -0.4 is 5.63 Å². The Morgan fingerprint density at radius 2 is 1.52 bits per heavy atom. The molecule has 0 aliphatic rings. The van der Waals surface area contributed by atoms with Crippen molar-refractivity contribution in [3.05, 3.63) is 95.5 Å². The number of benzene rings is 2. The first-order valence-electron chi connectivity index (χ1n) is 8.65. The molecule has 5 aromatic rings. The van der Waals surface area contributed by atoms with Crippen molar-refractivity contribution in [3.63, 3.8) is 0 Å². The van der Waals surface area contributed by atoms with Crippen LogP contribution in [0.25, 0.3) is 44.4 Å². The van der Waals surface area contributed by atoms with Crippen molar-refractivity contribution in [1.29, 1.82) is 0 Å². The third kappa shape index (κ3) is 2.59. The fraction of sp³-hybridized carbons (Fsp3) is 0. The lowest BCUT2D eigenvalue weighted by Gasteiger charge is -2.10. The molecule has 5 rings (SSSR count). The molecule has 0 N–H and O–H groups in total. The van der Waals surface area contributed by atoms with Crippen LogP contribution in [0.2, 0.25) is 0 Å². The predicted octanol–water partition coefficient (Wildman–Crippen LogP) is 5.07. The molecule has 0 aliphatic carbocycles. The maximum atomic E-state index is 12.8. The van der Waals surface area contributed by atoms with Crippen molar-refractivity contribution in [1.82, 2.24) is 9.97 Å². The van der Waals surface area contributed by atoms with Gasteiger partial charge in [0.05, 0.1) is 22.5 Å². The van der Waals surface area contributed by atoms with Gasteiger partial charge in [0, 0.05) is 22.5 Å². The Balaban J connectivity index is 1.97. The topological polar surface area (TPSA) is 56.0 Å². The molecule has 27 heavy (non-hydrogen) atoms. The molecule has 3 aromatic heterocycles. The molecule has 0 aliphatic heterocycles. The first-order valence-corrected chi connectivity index (χ1v) is 8.65. The third-order valence-electron chi connectivity index (χ3n) is 4.58. The SMILES string of the molecule is O=c1oc2ccccc2c2cc(-c3ccccn3)nc(-c3ccccc3)c12. The summed E-state index contributed by atoms with van der Waals surface area (Å²) in [4.78, 5) is 22.0. The van der Waals surface area contributed by atoms with Gasteiger partial charge in [-0.2, -0.15) is 0 Å². The van der Waals surface area contributed by atoms with E-state index in [-0.39, 0.29) is 5.63 Å². The van der Waals surface area contributed by atoms with Crippen molar-refractivity contribution in [3.8, 4) is 22.6 Å². The third-order valence-corrected chi connectivity index (χ3v) is 4.58. The second kappa shape index (κ2) is 6.18. The van der Waals surface area contributed by atoms with Crippen LogP contribution in [0.5, 0.6) is 0 Å². The molecule has 0 unspecified atom stereocenters. The zero-order chi connectivity index (χ0) is 18.2. The monoisotopic (exact) mass is 350 g/mol. The fourth-order valence-corrected chi connectivity index (χ4v) is 3.34. The molecule has 4 heteroatoms. The molecule has 0 saturated heterocycles. The van der Waals surface area contributed by atoms with E-state index in [4.69, 9.17) is 9.40 Å². The molecule has 2 aromatic carbocycles. The van der Waals surface area contributed by atoms with Crippen LogP contribution in [-0.4, -0.2) is 9.97 Å². The summed E-state index contributed by atoms with van der Waals surface area (Å²) in [5, 5.41) is 2.18. The molecule has 0 atom stereocenters. The molecule has 3 heterocycles. The molecule has 0 bridgehead atoms. The Morgan fingerprint density at radius 3 is 2.33 bits per heavy atom. The molecule has 0 fully saturated rings. The number of aromatic nitrogens is 2. The number of para-hydroxylation sites is 1. The van der Waals surface area contributed by atoms with Crippen LogP contribution in [0.1, 0.15) is 0 Å². The van der Waals surface area contributed by atoms with Crippen molar-refractivity contribution in [2.75, 3.05) is 0 Å². The quantitative estimate of drug-likeness (QED) is 0.329. The summed E-state index contributed by atoms with van der Waals surface area (Å²) in [6, 6.07) is 24.9. The summed E-state index contributed by atoms with van der Waals surface area (Å²) in [5.74, 6) is 0. The lowest BCUT2D eigenvalue weighted by molar-refractivity contribution is 0.569. The van der Waals surface area contributed by atoms with Crippen molar-refractivity contribution in [2.45, 2.75) is 0 Å². The van der Waals surface area contributed by atoms with Gasteiger partial charge in [0.2, 0.25) is 0 Å². The minimum atomic E-state index is -0.386. The highest BCUT2D eigenvalue weighted by Gasteiger charge is 2.16. The van der Waals surface area contributed by atoms with Gasteiger partial charge in [-0.25, -0.2) is 9.78 Å². The Bertz CT molecular complexity index is 1330. The normalized spacial score (nSPS) is 11.1. The predicted molar refractivity (Wildman–Crippen MR) is 106 cm³/mol. The largest absolute Gasteiger partial charge is 0.422 e. The second-order valence-corrected chi connectivity index (χ2v) is 6.25. The van der Waals surface area contributed by atoms with Crippen LogP contribution in [0.4, 0.5) is 0 Å². The number of nitrogens with zero attached hydrogens (tertiary/aromatic N) is 2. The number of pyridine rings is 2. The molecular weight excluding hydrogens is 336 g/mol. The van der Waals surface area contributed by atoms with E-state index in [0.717, 1.165) is 27.7 Å².